The van der Waals surface area contributed by atoms with E-state index < -0.39 is 0 Å². The van der Waals surface area contributed by atoms with Crippen LogP contribution in [0.2, 0.25) is 0 Å². The van der Waals surface area contributed by atoms with Crippen LogP contribution >= 0.6 is 0 Å². The normalized spacial score (nSPS) is 18.3. The second kappa shape index (κ2) is 6.33. The highest BCUT2D eigenvalue weighted by Gasteiger charge is 2.26. The average Bonchev–Trinajstić information content (AvgIpc) is 3.02. The van der Waals surface area contributed by atoms with E-state index in [-0.39, 0.29) is 10.6 Å². The summed E-state index contributed by atoms with van der Waals surface area (Å²) in [7, 11) is 0. The molecule has 0 spiro atoms. The van der Waals surface area contributed by atoms with Crippen LogP contribution in [0.1, 0.15) is 30.1 Å². The molecule has 7 heteroatoms. The summed E-state index contributed by atoms with van der Waals surface area (Å²) in [4.78, 5) is 10.7. The van der Waals surface area contributed by atoms with Gasteiger partial charge in [0.15, 0.2) is 0 Å². The number of rotatable bonds is 3. The Hall–Kier alpha value is -2.25. The Morgan fingerprint density at radius 3 is 2.83 bits per heavy atom. The first-order chi connectivity index (χ1) is 11.7. The molecule has 0 amide bonds. The number of hydrogen-bond acceptors (Lipinski definition) is 5. The Morgan fingerprint density at radius 1 is 1.21 bits per heavy atom. The number of fused-ring (bicyclic) bond motifs is 1. The van der Waals surface area contributed by atoms with Gasteiger partial charge in [-0.3, -0.25) is 14.8 Å². The molecule has 1 aromatic carbocycles. The molecule has 7 nitrogen and oxygen atoms in total. The molecule has 1 saturated heterocycles. The molecule has 0 unspecified atom stereocenters. The van der Waals surface area contributed by atoms with Gasteiger partial charge in [-0.2, -0.15) is 5.10 Å². The molecule has 0 atom stereocenters. The van der Waals surface area contributed by atoms with Crippen molar-refractivity contribution >= 4 is 5.69 Å². The second-order valence-electron chi connectivity index (χ2n) is 6.43. The standard InChI is InChI=1S/C17H21N5O2/c23-22(24)14-3-1-2-12(10-14)17-15-11-19-9-6-16(15)21(20-17)13-4-7-18-8-5-13/h1-3,10,13,18-19H,4-9,11H2. The SMILES string of the molecule is O=[N+]([O-])c1cccc(-c2nn(C3CCNCC3)c3c2CNCC3)c1. The summed E-state index contributed by atoms with van der Waals surface area (Å²) < 4.78 is 2.20. The van der Waals surface area contributed by atoms with Crippen LogP contribution in [0, 0.1) is 10.1 Å². The van der Waals surface area contributed by atoms with Crippen LogP contribution < -0.4 is 10.6 Å². The van der Waals surface area contributed by atoms with Crippen molar-refractivity contribution in [1.82, 2.24) is 20.4 Å². The lowest BCUT2D eigenvalue weighted by Gasteiger charge is -2.26. The average molecular weight is 327 g/mol. The Balaban J connectivity index is 1.79. The van der Waals surface area contributed by atoms with Crippen molar-refractivity contribution in [2.24, 2.45) is 0 Å². The zero-order chi connectivity index (χ0) is 16.5. The van der Waals surface area contributed by atoms with Crippen molar-refractivity contribution in [2.45, 2.75) is 31.8 Å². The lowest BCUT2D eigenvalue weighted by molar-refractivity contribution is -0.384. The van der Waals surface area contributed by atoms with Gasteiger partial charge in [-0.25, -0.2) is 0 Å². The Bertz CT molecular complexity index is 764. The summed E-state index contributed by atoms with van der Waals surface area (Å²) in [5, 5.41) is 22.8. The molecule has 2 N–H and O–H groups in total. The van der Waals surface area contributed by atoms with Crippen molar-refractivity contribution in [1.29, 1.82) is 0 Å². The van der Waals surface area contributed by atoms with Crippen molar-refractivity contribution in [2.75, 3.05) is 19.6 Å². The van der Waals surface area contributed by atoms with E-state index in [1.54, 1.807) is 12.1 Å². The first-order valence-corrected chi connectivity index (χ1v) is 8.50. The van der Waals surface area contributed by atoms with Crippen LogP contribution in [0.4, 0.5) is 5.69 Å². The fraction of sp³-hybridized carbons (Fsp3) is 0.471. The number of nitrogens with zero attached hydrogens (tertiary/aromatic N) is 3. The number of aromatic nitrogens is 2. The molecule has 1 fully saturated rings. The van der Waals surface area contributed by atoms with Gasteiger partial charge in [0, 0.05) is 48.5 Å². The fourth-order valence-electron chi connectivity index (χ4n) is 3.73. The summed E-state index contributed by atoms with van der Waals surface area (Å²) in [5.74, 6) is 0. The molecule has 0 bridgehead atoms. The largest absolute Gasteiger partial charge is 0.317 e. The first-order valence-electron chi connectivity index (χ1n) is 8.50. The maximum Gasteiger partial charge on any atom is 0.270 e. The molecule has 0 radical (unpaired) electrons. The fourth-order valence-corrected chi connectivity index (χ4v) is 3.73. The van der Waals surface area contributed by atoms with Gasteiger partial charge in [0.1, 0.15) is 0 Å². The minimum absolute atomic E-state index is 0.112. The zero-order valence-electron chi connectivity index (χ0n) is 13.5. The minimum Gasteiger partial charge on any atom is -0.317 e. The van der Waals surface area contributed by atoms with Gasteiger partial charge in [0.25, 0.3) is 5.69 Å². The molecule has 24 heavy (non-hydrogen) atoms. The van der Waals surface area contributed by atoms with Gasteiger partial charge in [-0.15, -0.1) is 0 Å². The zero-order valence-corrected chi connectivity index (χ0v) is 13.5. The topological polar surface area (TPSA) is 85.0 Å². The van der Waals surface area contributed by atoms with Gasteiger partial charge in [0.05, 0.1) is 16.7 Å². The molecular formula is C17H21N5O2. The van der Waals surface area contributed by atoms with Crippen molar-refractivity contribution in [3.05, 3.63) is 45.6 Å². The van der Waals surface area contributed by atoms with Crippen LogP contribution in [0.5, 0.6) is 0 Å². The molecule has 0 saturated carbocycles. The third-order valence-corrected chi connectivity index (χ3v) is 4.94. The number of non-ortho nitro benzene ring substituents is 1. The second-order valence-corrected chi connectivity index (χ2v) is 6.43. The van der Waals surface area contributed by atoms with E-state index in [2.05, 4.69) is 15.3 Å². The van der Waals surface area contributed by atoms with Crippen LogP contribution in [0.25, 0.3) is 11.3 Å². The third-order valence-electron chi connectivity index (χ3n) is 4.94. The Kier molecular flexibility index (Phi) is 4.03. The molecule has 0 aliphatic carbocycles. The highest BCUT2D eigenvalue weighted by atomic mass is 16.6. The van der Waals surface area contributed by atoms with Gasteiger partial charge >= 0.3 is 0 Å². The number of nitro benzene ring substituents is 1. The number of benzene rings is 1. The van der Waals surface area contributed by atoms with E-state index in [9.17, 15) is 10.1 Å². The monoisotopic (exact) mass is 327 g/mol. The van der Waals surface area contributed by atoms with E-state index >= 15 is 0 Å². The van der Waals surface area contributed by atoms with Crippen molar-refractivity contribution in [3.8, 4) is 11.3 Å². The van der Waals surface area contributed by atoms with Gasteiger partial charge in [0.2, 0.25) is 0 Å². The molecule has 2 aliphatic rings. The smallest absolute Gasteiger partial charge is 0.270 e. The van der Waals surface area contributed by atoms with E-state index in [1.807, 2.05) is 6.07 Å². The number of hydrogen-bond donors (Lipinski definition) is 2. The molecule has 1 aromatic heterocycles. The van der Waals surface area contributed by atoms with E-state index in [0.29, 0.717) is 6.04 Å². The molecular weight excluding hydrogens is 306 g/mol. The van der Waals surface area contributed by atoms with Crippen LogP contribution in [-0.4, -0.2) is 34.3 Å². The van der Waals surface area contributed by atoms with Gasteiger partial charge in [-0.1, -0.05) is 12.1 Å². The number of nitro groups is 1. The maximum atomic E-state index is 11.1. The Labute approximate surface area is 140 Å². The summed E-state index contributed by atoms with van der Waals surface area (Å²) in [5.41, 5.74) is 4.32. The van der Waals surface area contributed by atoms with Crippen molar-refractivity contribution < 1.29 is 4.92 Å². The Morgan fingerprint density at radius 2 is 2.04 bits per heavy atom. The molecule has 4 rings (SSSR count). The summed E-state index contributed by atoms with van der Waals surface area (Å²) in [6.07, 6.45) is 3.12. The van der Waals surface area contributed by atoms with E-state index in [4.69, 9.17) is 5.10 Å². The van der Waals surface area contributed by atoms with Crippen LogP contribution in [0.15, 0.2) is 24.3 Å². The van der Waals surface area contributed by atoms with Gasteiger partial charge < -0.3 is 10.6 Å². The lowest BCUT2D eigenvalue weighted by atomic mass is 10.0. The first kappa shape index (κ1) is 15.3. The highest BCUT2D eigenvalue weighted by Crippen LogP contribution is 2.33. The van der Waals surface area contributed by atoms with Crippen LogP contribution in [0.3, 0.4) is 0 Å². The minimum atomic E-state index is -0.349. The third kappa shape index (κ3) is 2.70. The summed E-state index contributed by atoms with van der Waals surface area (Å²) >= 11 is 0. The quantitative estimate of drug-likeness (QED) is 0.665. The van der Waals surface area contributed by atoms with Crippen LogP contribution in [-0.2, 0) is 13.0 Å². The predicted molar refractivity (Wildman–Crippen MR) is 90.9 cm³/mol. The lowest BCUT2D eigenvalue weighted by Crippen LogP contribution is -2.32. The highest BCUT2D eigenvalue weighted by molar-refractivity contribution is 5.67. The molecule has 126 valence electrons. The van der Waals surface area contributed by atoms with Gasteiger partial charge in [-0.05, 0) is 25.9 Å². The molecule has 3 heterocycles. The predicted octanol–water partition coefficient (Wildman–Crippen LogP) is 2.03. The van der Waals surface area contributed by atoms with E-state index in [1.165, 1.54) is 17.3 Å². The van der Waals surface area contributed by atoms with Crippen molar-refractivity contribution in [3.63, 3.8) is 0 Å². The molecule has 2 aromatic rings. The summed E-state index contributed by atoms with van der Waals surface area (Å²) in [6, 6.07) is 7.23. The summed E-state index contributed by atoms with van der Waals surface area (Å²) in [6.45, 7) is 3.77. The van der Waals surface area contributed by atoms with E-state index in [0.717, 1.165) is 56.7 Å². The maximum absolute atomic E-state index is 11.1. The number of nitrogens with one attached hydrogen (secondary N) is 2. The number of piperidine rings is 1. The molecule has 2 aliphatic heterocycles.